The maximum absolute atomic E-state index is 3.54. The van der Waals surface area contributed by atoms with Crippen molar-refractivity contribution in [3.63, 3.8) is 0 Å². The van der Waals surface area contributed by atoms with E-state index in [4.69, 9.17) is 0 Å². The fraction of sp³-hybridized carbons (Fsp3) is 1.00. The SMILES string of the molecule is CC1(C)CNCCC1N1CCN(C(C)(C)C)CC1. The van der Waals surface area contributed by atoms with Gasteiger partial charge in [0, 0.05) is 44.3 Å². The van der Waals surface area contributed by atoms with Crippen molar-refractivity contribution in [3.05, 3.63) is 0 Å². The molecule has 1 unspecified atom stereocenters. The van der Waals surface area contributed by atoms with Crippen molar-refractivity contribution in [2.45, 2.75) is 52.6 Å². The number of piperidine rings is 1. The molecule has 1 N–H and O–H groups in total. The summed E-state index contributed by atoms with van der Waals surface area (Å²) in [5.41, 5.74) is 0.748. The molecule has 3 nitrogen and oxygen atoms in total. The molecule has 0 radical (unpaired) electrons. The van der Waals surface area contributed by atoms with E-state index in [1.807, 2.05) is 0 Å². The highest BCUT2D eigenvalue weighted by molar-refractivity contribution is 4.94. The third-order valence-electron chi connectivity index (χ3n) is 4.78. The van der Waals surface area contributed by atoms with Crippen LogP contribution in [-0.2, 0) is 0 Å². The number of rotatable bonds is 1. The van der Waals surface area contributed by atoms with E-state index < -0.39 is 0 Å². The van der Waals surface area contributed by atoms with Crippen molar-refractivity contribution in [1.82, 2.24) is 15.1 Å². The first-order chi connectivity index (χ1) is 8.31. The molecule has 2 fully saturated rings. The molecule has 0 aromatic rings. The van der Waals surface area contributed by atoms with Gasteiger partial charge in [0.15, 0.2) is 0 Å². The highest BCUT2D eigenvalue weighted by atomic mass is 15.3. The molecule has 2 aliphatic heterocycles. The summed E-state index contributed by atoms with van der Waals surface area (Å²) in [6, 6.07) is 0.765. The van der Waals surface area contributed by atoms with Gasteiger partial charge in [-0.2, -0.15) is 0 Å². The smallest absolute Gasteiger partial charge is 0.0172 e. The molecular formula is C15H31N3. The minimum atomic E-state index is 0.329. The molecule has 0 bridgehead atoms. The Kier molecular flexibility index (Phi) is 4.05. The van der Waals surface area contributed by atoms with E-state index in [2.05, 4.69) is 49.7 Å². The molecule has 106 valence electrons. The number of hydrogen-bond acceptors (Lipinski definition) is 3. The van der Waals surface area contributed by atoms with Crippen LogP contribution in [-0.4, -0.2) is 60.6 Å². The molecule has 0 spiro atoms. The lowest BCUT2D eigenvalue weighted by atomic mass is 9.78. The van der Waals surface area contributed by atoms with Gasteiger partial charge in [0.25, 0.3) is 0 Å². The predicted molar refractivity (Wildman–Crippen MR) is 78.0 cm³/mol. The number of nitrogens with zero attached hydrogens (tertiary/aromatic N) is 2. The summed E-state index contributed by atoms with van der Waals surface area (Å²) in [6.45, 7) is 19.1. The molecule has 0 aliphatic carbocycles. The van der Waals surface area contributed by atoms with Crippen molar-refractivity contribution in [3.8, 4) is 0 Å². The summed E-state index contributed by atoms with van der Waals surface area (Å²) in [5, 5.41) is 3.54. The third kappa shape index (κ3) is 3.06. The topological polar surface area (TPSA) is 18.5 Å². The average molecular weight is 253 g/mol. The molecule has 2 saturated heterocycles. The first kappa shape index (κ1) is 14.3. The summed E-state index contributed by atoms with van der Waals surface area (Å²) in [6.07, 6.45) is 1.31. The van der Waals surface area contributed by atoms with Gasteiger partial charge in [-0.3, -0.25) is 9.80 Å². The summed E-state index contributed by atoms with van der Waals surface area (Å²) in [4.78, 5) is 5.36. The van der Waals surface area contributed by atoms with Crippen LogP contribution in [0.25, 0.3) is 0 Å². The Balaban J connectivity index is 1.93. The summed E-state index contributed by atoms with van der Waals surface area (Å²) >= 11 is 0. The van der Waals surface area contributed by atoms with Crippen molar-refractivity contribution in [2.75, 3.05) is 39.3 Å². The maximum atomic E-state index is 3.54. The zero-order chi connectivity index (χ0) is 13.4. The largest absolute Gasteiger partial charge is 0.316 e. The Labute approximate surface area is 113 Å². The minimum Gasteiger partial charge on any atom is -0.316 e. The molecule has 1 atom stereocenters. The van der Waals surface area contributed by atoms with E-state index >= 15 is 0 Å². The van der Waals surface area contributed by atoms with Crippen LogP contribution in [0.1, 0.15) is 41.0 Å². The van der Waals surface area contributed by atoms with Gasteiger partial charge >= 0.3 is 0 Å². The van der Waals surface area contributed by atoms with Crippen LogP contribution in [0, 0.1) is 5.41 Å². The standard InChI is InChI=1S/C15H31N3/c1-14(2,3)18-10-8-17(9-11-18)13-6-7-16-12-15(13,4)5/h13,16H,6-12H2,1-5H3. The fourth-order valence-corrected chi connectivity index (χ4v) is 3.54. The molecule has 3 heteroatoms. The Bertz CT molecular complexity index is 272. The van der Waals surface area contributed by atoms with Crippen molar-refractivity contribution >= 4 is 0 Å². The molecule has 2 aliphatic rings. The van der Waals surface area contributed by atoms with Crippen molar-refractivity contribution in [2.24, 2.45) is 5.41 Å². The van der Waals surface area contributed by atoms with E-state index in [0.717, 1.165) is 12.6 Å². The normalized spacial score (nSPS) is 31.5. The van der Waals surface area contributed by atoms with Gasteiger partial charge in [-0.1, -0.05) is 13.8 Å². The molecule has 2 heterocycles. The molecule has 0 amide bonds. The summed E-state index contributed by atoms with van der Waals surface area (Å²) in [5.74, 6) is 0. The number of nitrogens with one attached hydrogen (secondary N) is 1. The number of piperazine rings is 1. The Hall–Kier alpha value is -0.120. The van der Waals surface area contributed by atoms with E-state index in [1.165, 1.54) is 39.1 Å². The lowest BCUT2D eigenvalue weighted by molar-refractivity contribution is -0.00326. The van der Waals surface area contributed by atoms with Crippen molar-refractivity contribution in [1.29, 1.82) is 0 Å². The second-order valence-electron chi connectivity index (χ2n) is 7.66. The van der Waals surface area contributed by atoms with E-state index in [-0.39, 0.29) is 0 Å². The van der Waals surface area contributed by atoms with Gasteiger partial charge in [0.05, 0.1) is 0 Å². The lowest BCUT2D eigenvalue weighted by Crippen LogP contribution is -2.61. The van der Waals surface area contributed by atoms with Crippen LogP contribution in [0.4, 0.5) is 0 Å². The van der Waals surface area contributed by atoms with Crippen LogP contribution in [0.5, 0.6) is 0 Å². The number of hydrogen-bond donors (Lipinski definition) is 1. The summed E-state index contributed by atoms with van der Waals surface area (Å²) < 4.78 is 0. The second-order valence-corrected chi connectivity index (χ2v) is 7.66. The third-order valence-corrected chi connectivity index (χ3v) is 4.78. The highest BCUT2D eigenvalue weighted by Gasteiger charge is 2.38. The quantitative estimate of drug-likeness (QED) is 0.769. The highest BCUT2D eigenvalue weighted by Crippen LogP contribution is 2.31. The van der Waals surface area contributed by atoms with E-state index in [0.29, 0.717) is 11.0 Å². The summed E-state index contributed by atoms with van der Waals surface area (Å²) in [7, 11) is 0. The zero-order valence-electron chi connectivity index (χ0n) is 12.9. The van der Waals surface area contributed by atoms with Crippen LogP contribution < -0.4 is 5.32 Å². The predicted octanol–water partition coefficient (Wildman–Crippen LogP) is 1.79. The molecule has 0 aromatic carbocycles. The van der Waals surface area contributed by atoms with Gasteiger partial charge in [0.1, 0.15) is 0 Å². The van der Waals surface area contributed by atoms with Gasteiger partial charge in [0.2, 0.25) is 0 Å². The lowest BCUT2D eigenvalue weighted by Gasteiger charge is -2.50. The first-order valence-electron chi connectivity index (χ1n) is 7.50. The van der Waals surface area contributed by atoms with E-state index in [9.17, 15) is 0 Å². The van der Waals surface area contributed by atoms with Crippen LogP contribution >= 0.6 is 0 Å². The Morgan fingerprint density at radius 1 is 1.06 bits per heavy atom. The molecule has 18 heavy (non-hydrogen) atoms. The van der Waals surface area contributed by atoms with Crippen LogP contribution in [0.3, 0.4) is 0 Å². The molecular weight excluding hydrogens is 222 g/mol. The molecule has 0 saturated carbocycles. The monoisotopic (exact) mass is 253 g/mol. The Morgan fingerprint density at radius 2 is 1.67 bits per heavy atom. The minimum absolute atomic E-state index is 0.329. The second kappa shape index (κ2) is 5.10. The van der Waals surface area contributed by atoms with E-state index in [1.54, 1.807) is 0 Å². The van der Waals surface area contributed by atoms with Gasteiger partial charge < -0.3 is 5.32 Å². The van der Waals surface area contributed by atoms with Crippen molar-refractivity contribution < 1.29 is 0 Å². The van der Waals surface area contributed by atoms with Gasteiger partial charge in [-0.15, -0.1) is 0 Å². The van der Waals surface area contributed by atoms with Crippen LogP contribution in [0.2, 0.25) is 0 Å². The average Bonchev–Trinajstić information content (AvgIpc) is 2.27. The first-order valence-corrected chi connectivity index (χ1v) is 7.50. The maximum Gasteiger partial charge on any atom is 0.0172 e. The van der Waals surface area contributed by atoms with Crippen LogP contribution in [0.15, 0.2) is 0 Å². The molecule has 0 aromatic heterocycles. The van der Waals surface area contributed by atoms with Gasteiger partial charge in [-0.05, 0) is 39.2 Å². The molecule has 2 rings (SSSR count). The fourth-order valence-electron chi connectivity index (χ4n) is 3.54. The zero-order valence-corrected chi connectivity index (χ0v) is 12.9. The van der Waals surface area contributed by atoms with Gasteiger partial charge in [-0.25, -0.2) is 0 Å². The Morgan fingerprint density at radius 3 is 2.17 bits per heavy atom.